The number of nitrogen functional groups attached to an aromatic ring is 1. The van der Waals surface area contributed by atoms with Gasteiger partial charge < -0.3 is 5.73 Å². The molecule has 0 radical (unpaired) electrons. The Morgan fingerprint density at radius 3 is 2.62 bits per heavy atom. The van der Waals surface area contributed by atoms with Gasteiger partial charge in [-0.05, 0) is 39.7 Å². The number of halogens is 2. The Balaban J connectivity index is 1.94. The first kappa shape index (κ1) is 13.8. The lowest BCUT2D eigenvalue weighted by atomic mass is 10.1. The van der Waals surface area contributed by atoms with Crippen molar-refractivity contribution < 1.29 is 4.39 Å². The summed E-state index contributed by atoms with van der Waals surface area (Å²) in [6, 6.07) is 14.5. The highest BCUT2D eigenvalue weighted by Crippen LogP contribution is 2.31. The van der Waals surface area contributed by atoms with E-state index in [-0.39, 0.29) is 5.82 Å². The second kappa shape index (κ2) is 5.69. The molecule has 0 aliphatic carbocycles. The summed E-state index contributed by atoms with van der Waals surface area (Å²) in [5, 5.41) is 4.51. The van der Waals surface area contributed by atoms with Gasteiger partial charge in [-0.15, -0.1) is 0 Å². The van der Waals surface area contributed by atoms with E-state index >= 15 is 0 Å². The summed E-state index contributed by atoms with van der Waals surface area (Å²) in [6.07, 6.45) is 1.79. The van der Waals surface area contributed by atoms with E-state index in [2.05, 4.69) is 21.0 Å². The van der Waals surface area contributed by atoms with E-state index in [1.165, 1.54) is 12.1 Å². The molecule has 0 fully saturated rings. The van der Waals surface area contributed by atoms with Crippen molar-refractivity contribution in [3.8, 4) is 11.3 Å². The highest BCUT2D eigenvalue weighted by atomic mass is 79.9. The molecule has 5 heteroatoms. The summed E-state index contributed by atoms with van der Waals surface area (Å²) < 4.78 is 15.6. The number of nitrogens with zero attached hydrogens (tertiary/aromatic N) is 2. The number of anilines is 1. The van der Waals surface area contributed by atoms with Crippen LogP contribution in [0.5, 0.6) is 0 Å². The summed E-state index contributed by atoms with van der Waals surface area (Å²) >= 11 is 3.35. The third-order valence-electron chi connectivity index (χ3n) is 3.16. The van der Waals surface area contributed by atoms with E-state index in [9.17, 15) is 4.39 Å². The van der Waals surface area contributed by atoms with Gasteiger partial charge in [-0.3, -0.25) is 4.68 Å². The summed E-state index contributed by atoms with van der Waals surface area (Å²) in [5.41, 5.74) is 9.18. The maximum absolute atomic E-state index is 13.2. The molecule has 0 unspecified atom stereocenters. The Kier molecular flexibility index (Phi) is 3.75. The van der Waals surface area contributed by atoms with E-state index in [4.69, 9.17) is 5.73 Å². The van der Waals surface area contributed by atoms with Gasteiger partial charge in [0.2, 0.25) is 0 Å². The third kappa shape index (κ3) is 2.97. The van der Waals surface area contributed by atoms with E-state index < -0.39 is 0 Å². The maximum atomic E-state index is 13.2. The van der Waals surface area contributed by atoms with Crippen molar-refractivity contribution in [1.29, 1.82) is 0 Å². The lowest BCUT2D eigenvalue weighted by Crippen LogP contribution is -2.00. The molecule has 3 aromatic rings. The van der Waals surface area contributed by atoms with Crippen molar-refractivity contribution in [3.63, 3.8) is 0 Å². The van der Waals surface area contributed by atoms with Crippen LogP contribution in [0.25, 0.3) is 11.3 Å². The van der Waals surface area contributed by atoms with Crippen LogP contribution in [-0.2, 0) is 6.54 Å². The van der Waals surface area contributed by atoms with Gasteiger partial charge in [0.05, 0.1) is 12.2 Å². The molecule has 2 aromatic carbocycles. The topological polar surface area (TPSA) is 43.8 Å². The van der Waals surface area contributed by atoms with Crippen molar-refractivity contribution in [3.05, 3.63) is 70.6 Å². The molecule has 0 saturated carbocycles. The standard InChI is InChI=1S/C16H13BrFN3/c17-14-8-12(18)6-7-13(14)16-15(19)10-21(20-16)9-11-4-2-1-3-5-11/h1-8,10H,9,19H2. The van der Waals surface area contributed by atoms with Crippen LogP contribution in [0.2, 0.25) is 0 Å². The van der Waals surface area contributed by atoms with Crippen molar-refractivity contribution in [2.24, 2.45) is 0 Å². The minimum atomic E-state index is -0.298. The molecule has 1 aromatic heterocycles. The van der Waals surface area contributed by atoms with Crippen molar-refractivity contribution in [2.45, 2.75) is 6.54 Å². The predicted octanol–water partition coefficient (Wildman–Crippen LogP) is 4.08. The van der Waals surface area contributed by atoms with Crippen molar-refractivity contribution in [2.75, 3.05) is 5.73 Å². The minimum absolute atomic E-state index is 0.298. The SMILES string of the molecule is Nc1cn(Cc2ccccc2)nc1-c1ccc(F)cc1Br. The zero-order valence-electron chi connectivity index (χ0n) is 11.1. The predicted molar refractivity (Wildman–Crippen MR) is 85.3 cm³/mol. The summed E-state index contributed by atoms with van der Waals surface area (Å²) in [5.74, 6) is -0.298. The Labute approximate surface area is 130 Å². The van der Waals surface area contributed by atoms with Crippen LogP contribution in [0.3, 0.4) is 0 Å². The van der Waals surface area contributed by atoms with Gasteiger partial charge in [0.25, 0.3) is 0 Å². The monoisotopic (exact) mass is 345 g/mol. The van der Waals surface area contributed by atoms with Gasteiger partial charge in [-0.2, -0.15) is 5.10 Å². The molecule has 0 atom stereocenters. The quantitative estimate of drug-likeness (QED) is 0.777. The Hall–Kier alpha value is -2.14. The van der Waals surface area contributed by atoms with Crippen LogP contribution in [0.15, 0.2) is 59.2 Å². The first-order valence-corrected chi connectivity index (χ1v) is 7.25. The normalized spacial score (nSPS) is 10.8. The molecule has 3 nitrogen and oxygen atoms in total. The lowest BCUT2D eigenvalue weighted by molar-refractivity contribution is 0.627. The second-order valence-corrected chi connectivity index (χ2v) is 5.59. The number of hydrogen-bond donors (Lipinski definition) is 1. The molecule has 1 heterocycles. The van der Waals surface area contributed by atoms with Crippen molar-refractivity contribution in [1.82, 2.24) is 9.78 Å². The number of nitrogens with two attached hydrogens (primary N) is 1. The van der Waals surface area contributed by atoms with Crippen LogP contribution >= 0.6 is 15.9 Å². The third-order valence-corrected chi connectivity index (χ3v) is 3.82. The average molecular weight is 346 g/mol. The largest absolute Gasteiger partial charge is 0.396 e. The number of hydrogen-bond acceptors (Lipinski definition) is 2. The molecule has 0 amide bonds. The van der Waals surface area contributed by atoms with Crippen LogP contribution in [-0.4, -0.2) is 9.78 Å². The minimum Gasteiger partial charge on any atom is -0.396 e. The van der Waals surface area contributed by atoms with E-state index in [1.54, 1.807) is 16.9 Å². The van der Waals surface area contributed by atoms with Crippen LogP contribution in [0.1, 0.15) is 5.56 Å². The van der Waals surface area contributed by atoms with Gasteiger partial charge in [0.1, 0.15) is 11.5 Å². The first-order valence-electron chi connectivity index (χ1n) is 6.46. The first-order chi connectivity index (χ1) is 10.1. The van der Waals surface area contributed by atoms with Gasteiger partial charge in [0.15, 0.2) is 0 Å². The Morgan fingerprint density at radius 1 is 1.14 bits per heavy atom. The van der Waals surface area contributed by atoms with Crippen LogP contribution < -0.4 is 5.73 Å². The highest BCUT2D eigenvalue weighted by Gasteiger charge is 2.12. The number of aromatic nitrogens is 2. The molecule has 0 aliphatic rings. The molecule has 2 N–H and O–H groups in total. The van der Waals surface area contributed by atoms with E-state index in [0.717, 1.165) is 11.1 Å². The fourth-order valence-electron chi connectivity index (χ4n) is 2.18. The summed E-state index contributed by atoms with van der Waals surface area (Å²) in [4.78, 5) is 0. The fourth-order valence-corrected chi connectivity index (χ4v) is 2.72. The average Bonchev–Trinajstić information content (AvgIpc) is 2.80. The zero-order chi connectivity index (χ0) is 14.8. The maximum Gasteiger partial charge on any atom is 0.124 e. The summed E-state index contributed by atoms with van der Waals surface area (Å²) in [7, 11) is 0. The molecule has 21 heavy (non-hydrogen) atoms. The smallest absolute Gasteiger partial charge is 0.124 e. The molecule has 0 saturated heterocycles. The molecule has 106 valence electrons. The molecule has 3 rings (SSSR count). The zero-order valence-corrected chi connectivity index (χ0v) is 12.7. The number of rotatable bonds is 3. The highest BCUT2D eigenvalue weighted by molar-refractivity contribution is 9.10. The summed E-state index contributed by atoms with van der Waals surface area (Å²) in [6.45, 7) is 0.643. The van der Waals surface area contributed by atoms with Gasteiger partial charge in [-0.1, -0.05) is 30.3 Å². The van der Waals surface area contributed by atoms with Gasteiger partial charge in [0, 0.05) is 16.2 Å². The molecule has 0 aliphatic heterocycles. The second-order valence-electron chi connectivity index (χ2n) is 4.74. The fraction of sp³-hybridized carbons (Fsp3) is 0.0625. The molecule has 0 spiro atoms. The van der Waals surface area contributed by atoms with Crippen LogP contribution in [0.4, 0.5) is 10.1 Å². The lowest BCUT2D eigenvalue weighted by Gasteiger charge is -2.03. The van der Waals surface area contributed by atoms with Gasteiger partial charge >= 0.3 is 0 Å². The Bertz CT molecular complexity index is 768. The van der Waals surface area contributed by atoms with Crippen LogP contribution in [0, 0.1) is 5.82 Å². The van der Waals surface area contributed by atoms with Crippen molar-refractivity contribution >= 4 is 21.6 Å². The molecular weight excluding hydrogens is 333 g/mol. The Morgan fingerprint density at radius 2 is 1.90 bits per heavy atom. The van der Waals surface area contributed by atoms with E-state index in [1.807, 2.05) is 30.3 Å². The number of benzene rings is 2. The molecular formula is C16H13BrFN3. The molecule has 0 bridgehead atoms. The van der Waals surface area contributed by atoms with Gasteiger partial charge in [-0.25, -0.2) is 4.39 Å². The van der Waals surface area contributed by atoms with E-state index in [0.29, 0.717) is 22.4 Å².